The monoisotopic (exact) mass is 291 g/mol. The van der Waals surface area contributed by atoms with E-state index < -0.39 is 0 Å². The van der Waals surface area contributed by atoms with Gasteiger partial charge >= 0.3 is 0 Å². The van der Waals surface area contributed by atoms with E-state index in [2.05, 4.69) is 15.0 Å². The predicted octanol–water partition coefficient (Wildman–Crippen LogP) is 1.95. The molecule has 0 aliphatic heterocycles. The number of aromatic hydroxyl groups is 1. The largest absolute Gasteiger partial charge is 0.492 e. The summed E-state index contributed by atoms with van der Waals surface area (Å²) in [6, 6.07) is 3.80. The number of nitrogens with zero attached hydrogens (tertiary/aromatic N) is 4. The number of thiazole rings is 1. The Bertz CT molecular complexity index is 796. The smallest absolute Gasteiger partial charge is 0.235 e. The van der Waals surface area contributed by atoms with E-state index in [9.17, 15) is 5.11 Å². The molecule has 0 aliphatic rings. The molecule has 3 aromatic rings. The van der Waals surface area contributed by atoms with E-state index in [1.807, 2.05) is 16.7 Å². The number of nitrogen functional groups attached to an aromatic ring is 1. The first kappa shape index (κ1) is 12.0. The lowest BCUT2D eigenvalue weighted by atomic mass is 10.3. The summed E-state index contributed by atoms with van der Waals surface area (Å²) < 4.78 is 2.96. The van der Waals surface area contributed by atoms with Gasteiger partial charge in [0.2, 0.25) is 11.8 Å². The Labute approximate surface area is 117 Å². The van der Waals surface area contributed by atoms with E-state index in [4.69, 9.17) is 18.0 Å². The van der Waals surface area contributed by atoms with E-state index in [1.165, 1.54) is 11.3 Å². The number of aromatic nitrogens is 4. The highest BCUT2D eigenvalue weighted by molar-refractivity contribution is 7.73. The summed E-state index contributed by atoms with van der Waals surface area (Å²) in [5.41, 5.74) is 7.10. The summed E-state index contributed by atoms with van der Waals surface area (Å²) >= 11 is 6.56. The lowest BCUT2D eigenvalue weighted by molar-refractivity contribution is 0.461. The van der Waals surface area contributed by atoms with Crippen LogP contribution in [0.25, 0.3) is 10.3 Å². The molecule has 19 heavy (non-hydrogen) atoms. The molecular weight excluding hydrogens is 282 g/mol. The minimum absolute atomic E-state index is 0.0257. The standard InChI is InChI=1S/C11H9N5OS2/c12-10-14-8-7(9(17)15-10)19-11(18)16(8)5-6-2-1-3-13-4-6/h1-4H,5H2,(H3,12,14,15,17). The lowest BCUT2D eigenvalue weighted by Gasteiger charge is -2.04. The van der Waals surface area contributed by atoms with Crippen molar-refractivity contribution in [1.82, 2.24) is 19.5 Å². The van der Waals surface area contributed by atoms with Gasteiger partial charge in [0.1, 0.15) is 4.70 Å². The summed E-state index contributed by atoms with van der Waals surface area (Å²) in [5.74, 6) is -0.110. The molecule has 0 aromatic carbocycles. The number of pyridine rings is 1. The highest BCUT2D eigenvalue weighted by Gasteiger charge is 2.13. The van der Waals surface area contributed by atoms with Gasteiger partial charge in [-0.05, 0) is 23.8 Å². The molecule has 0 amide bonds. The van der Waals surface area contributed by atoms with E-state index in [0.29, 0.717) is 20.8 Å². The number of fused-ring (bicyclic) bond motifs is 1. The maximum absolute atomic E-state index is 9.76. The maximum Gasteiger partial charge on any atom is 0.235 e. The number of hydrogen-bond donors (Lipinski definition) is 2. The zero-order chi connectivity index (χ0) is 13.4. The van der Waals surface area contributed by atoms with Gasteiger partial charge in [-0.15, -0.1) is 0 Å². The Hall–Kier alpha value is -2.06. The van der Waals surface area contributed by atoms with Gasteiger partial charge in [0.05, 0.1) is 6.54 Å². The third-order valence-electron chi connectivity index (χ3n) is 2.58. The van der Waals surface area contributed by atoms with Crippen LogP contribution in [0.15, 0.2) is 24.5 Å². The van der Waals surface area contributed by atoms with Crippen LogP contribution in [0.1, 0.15) is 5.56 Å². The second kappa shape index (κ2) is 4.56. The SMILES string of the molecule is Nc1nc(O)c2sc(=S)n(Cc3cccnc3)c2n1. The van der Waals surface area contributed by atoms with Crippen molar-refractivity contribution in [3.05, 3.63) is 34.0 Å². The van der Waals surface area contributed by atoms with Crippen molar-refractivity contribution in [3.8, 4) is 5.88 Å². The van der Waals surface area contributed by atoms with Crippen LogP contribution in [0.4, 0.5) is 5.95 Å². The van der Waals surface area contributed by atoms with Crippen molar-refractivity contribution >= 4 is 39.9 Å². The second-order valence-corrected chi connectivity index (χ2v) is 5.52. The van der Waals surface area contributed by atoms with Crippen LogP contribution in [-0.2, 0) is 6.54 Å². The minimum Gasteiger partial charge on any atom is -0.492 e. The number of anilines is 1. The molecule has 0 spiro atoms. The van der Waals surface area contributed by atoms with Gasteiger partial charge in [-0.25, -0.2) is 0 Å². The van der Waals surface area contributed by atoms with Gasteiger partial charge in [0, 0.05) is 12.4 Å². The van der Waals surface area contributed by atoms with Crippen LogP contribution < -0.4 is 5.73 Å². The average molecular weight is 291 g/mol. The predicted molar refractivity (Wildman–Crippen MR) is 75.7 cm³/mol. The summed E-state index contributed by atoms with van der Waals surface area (Å²) in [5, 5.41) is 9.76. The second-order valence-electron chi connectivity index (χ2n) is 3.87. The lowest BCUT2D eigenvalue weighted by Crippen LogP contribution is -2.03. The van der Waals surface area contributed by atoms with Crippen LogP contribution in [0, 0.1) is 3.95 Å². The molecule has 0 unspecified atom stereocenters. The minimum atomic E-state index is -0.136. The molecule has 0 atom stereocenters. The van der Waals surface area contributed by atoms with Crippen molar-refractivity contribution in [2.24, 2.45) is 0 Å². The van der Waals surface area contributed by atoms with Crippen molar-refractivity contribution < 1.29 is 5.11 Å². The summed E-state index contributed by atoms with van der Waals surface area (Å²) in [4.78, 5) is 11.9. The molecule has 3 rings (SSSR count). The Morgan fingerprint density at radius 3 is 3.00 bits per heavy atom. The molecule has 0 radical (unpaired) electrons. The molecule has 0 saturated heterocycles. The number of hydrogen-bond acceptors (Lipinski definition) is 7. The molecule has 3 aromatic heterocycles. The van der Waals surface area contributed by atoms with Gasteiger partial charge in [0.25, 0.3) is 0 Å². The molecule has 3 N–H and O–H groups in total. The summed E-state index contributed by atoms with van der Waals surface area (Å²) in [7, 11) is 0. The van der Waals surface area contributed by atoms with Crippen LogP contribution in [0.3, 0.4) is 0 Å². The molecular formula is C11H9N5OS2. The zero-order valence-electron chi connectivity index (χ0n) is 9.65. The number of nitrogens with two attached hydrogens (primary N) is 1. The molecule has 0 bridgehead atoms. The normalized spacial score (nSPS) is 10.9. The van der Waals surface area contributed by atoms with Gasteiger partial charge in [0.15, 0.2) is 9.60 Å². The van der Waals surface area contributed by atoms with E-state index >= 15 is 0 Å². The quantitative estimate of drug-likeness (QED) is 0.701. The Morgan fingerprint density at radius 1 is 1.42 bits per heavy atom. The Balaban J connectivity index is 2.18. The first-order chi connectivity index (χ1) is 9.15. The first-order valence-corrected chi connectivity index (χ1v) is 6.62. The van der Waals surface area contributed by atoms with Crippen LogP contribution in [-0.4, -0.2) is 24.6 Å². The van der Waals surface area contributed by atoms with Crippen LogP contribution in [0.2, 0.25) is 0 Å². The highest BCUT2D eigenvalue weighted by Crippen LogP contribution is 2.29. The molecule has 0 aliphatic carbocycles. The van der Waals surface area contributed by atoms with Gasteiger partial charge in [-0.1, -0.05) is 17.4 Å². The third-order valence-corrected chi connectivity index (χ3v) is 4.01. The van der Waals surface area contributed by atoms with Gasteiger partial charge in [-0.3, -0.25) is 4.98 Å². The van der Waals surface area contributed by atoms with Crippen molar-refractivity contribution in [3.63, 3.8) is 0 Å². The van der Waals surface area contributed by atoms with Crippen molar-refractivity contribution in [2.45, 2.75) is 6.54 Å². The average Bonchev–Trinajstić information content (AvgIpc) is 2.69. The van der Waals surface area contributed by atoms with Crippen LogP contribution >= 0.6 is 23.6 Å². The van der Waals surface area contributed by atoms with Gasteiger partial charge < -0.3 is 15.4 Å². The third kappa shape index (κ3) is 2.15. The Morgan fingerprint density at radius 2 is 2.26 bits per heavy atom. The summed E-state index contributed by atoms with van der Waals surface area (Å²) in [6.45, 7) is 0.530. The van der Waals surface area contributed by atoms with Crippen molar-refractivity contribution in [1.29, 1.82) is 0 Å². The van der Waals surface area contributed by atoms with Crippen LogP contribution in [0.5, 0.6) is 5.88 Å². The fraction of sp³-hybridized carbons (Fsp3) is 0.0909. The van der Waals surface area contributed by atoms with Gasteiger partial charge in [-0.2, -0.15) is 9.97 Å². The van der Waals surface area contributed by atoms with Crippen molar-refractivity contribution in [2.75, 3.05) is 5.73 Å². The molecule has 96 valence electrons. The topological polar surface area (TPSA) is 89.8 Å². The summed E-state index contributed by atoms with van der Waals surface area (Å²) in [6.07, 6.45) is 3.47. The maximum atomic E-state index is 9.76. The molecule has 0 fully saturated rings. The first-order valence-electron chi connectivity index (χ1n) is 5.40. The fourth-order valence-corrected chi connectivity index (χ4v) is 2.98. The zero-order valence-corrected chi connectivity index (χ0v) is 11.3. The fourth-order valence-electron chi connectivity index (χ4n) is 1.76. The molecule has 6 nitrogen and oxygen atoms in total. The molecule has 8 heteroatoms. The van der Waals surface area contributed by atoms with E-state index in [0.717, 1.165) is 5.56 Å². The van der Waals surface area contributed by atoms with E-state index in [1.54, 1.807) is 12.4 Å². The molecule has 3 heterocycles. The molecule has 0 saturated carbocycles. The highest BCUT2D eigenvalue weighted by atomic mass is 32.1. The van der Waals surface area contributed by atoms with E-state index in [-0.39, 0.29) is 11.8 Å². The number of rotatable bonds is 2. The Kier molecular flexibility index (Phi) is 2.88.